The number of hydrogen-bond acceptors (Lipinski definition) is 3. The van der Waals surface area contributed by atoms with Gasteiger partial charge in [-0.25, -0.2) is 4.98 Å². The fourth-order valence-electron chi connectivity index (χ4n) is 1.59. The highest BCUT2D eigenvalue weighted by Crippen LogP contribution is 2.20. The lowest BCUT2D eigenvalue weighted by Gasteiger charge is -2.14. The van der Waals surface area contributed by atoms with E-state index in [1.165, 1.54) is 0 Å². The third-order valence-corrected chi connectivity index (χ3v) is 2.83. The first-order valence-electron chi connectivity index (χ1n) is 6.19. The van der Waals surface area contributed by atoms with Gasteiger partial charge in [0.1, 0.15) is 0 Å². The second kappa shape index (κ2) is 7.51. The van der Waals surface area contributed by atoms with E-state index in [0.717, 1.165) is 31.5 Å². The molecule has 0 fully saturated rings. The first-order valence-corrected chi connectivity index (χ1v) is 6.57. The quantitative estimate of drug-likeness (QED) is 0.812. The van der Waals surface area contributed by atoms with E-state index in [1.807, 2.05) is 6.07 Å². The first-order chi connectivity index (χ1) is 8.17. The van der Waals surface area contributed by atoms with Crippen LogP contribution in [0.5, 0.6) is 5.88 Å². The fourth-order valence-corrected chi connectivity index (χ4v) is 1.76. The van der Waals surface area contributed by atoms with Gasteiger partial charge in [-0.2, -0.15) is 0 Å². The molecule has 1 unspecified atom stereocenters. The van der Waals surface area contributed by atoms with Gasteiger partial charge in [0.2, 0.25) is 5.88 Å². The zero-order valence-electron chi connectivity index (χ0n) is 10.8. The molecule has 0 bridgehead atoms. The summed E-state index contributed by atoms with van der Waals surface area (Å²) in [6.45, 7) is 7.93. The van der Waals surface area contributed by atoms with Gasteiger partial charge in [-0.15, -0.1) is 0 Å². The van der Waals surface area contributed by atoms with Crippen molar-refractivity contribution in [3.05, 3.63) is 22.8 Å². The first kappa shape index (κ1) is 14.3. The van der Waals surface area contributed by atoms with Gasteiger partial charge in [0.05, 0.1) is 11.1 Å². The van der Waals surface area contributed by atoms with Crippen LogP contribution in [0.1, 0.15) is 39.2 Å². The van der Waals surface area contributed by atoms with E-state index in [9.17, 15) is 0 Å². The molecule has 0 radical (unpaired) electrons. The Hall–Kier alpha value is -0.800. The largest absolute Gasteiger partial charge is 0.475 e. The van der Waals surface area contributed by atoms with Gasteiger partial charge in [0, 0.05) is 18.8 Å². The van der Waals surface area contributed by atoms with Crippen LogP contribution in [0.15, 0.2) is 12.3 Å². The number of nitrogens with one attached hydrogen (secondary N) is 1. The number of rotatable bonds is 7. The van der Waals surface area contributed by atoms with Crippen molar-refractivity contribution in [2.24, 2.45) is 0 Å². The number of ether oxygens (including phenoxy) is 1. The average Bonchev–Trinajstić information content (AvgIpc) is 2.30. The molecule has 1 atom stereocenters. The van der Waals surface area contributed by atoms with E-state index in [-0.39, 0.29) is 6.10 Å². The lowest BCUT2D eigenvalue weighted by Crippen LogP contribution is -2.14. The number of halogens is 1. The maximum atomic E-state index is 6.07. The van der Waals surface area contributed by atoms with Gasteiger partial charge in [-0.05, 0) is 25.5 Å². The van der Waals surface area contributed by atoms with Gasteiger partial charge < -0.3 is 10.1 Å². The van der Waals surface area contributed by atoms with E-state index in [0.29, 0.717) is 10.9 Å². The highest BCUT2D eigenvalue weighted by Gasteiger charge is 2.07. The van der Waals surface area contributed by atoms with Crippen LogP contribution in [0.25, 0.3) is 0 Å². The summed E-state index contributed by atoms with van der Waals surface area (Å²) in [4.78, 5) is 4.19. The third-order valence-electron chi connectivity index (χ3n) is 2.49. The van der Waals surface area contributed by atoms with Crippen molar-refractivity contribution < 1.29 is 4.74 Å². The molecule has 0 saturated heterocycles. The highest BCUT2D eigenvalue weighted by atomic mass is 35.5. The Balaban J connectivity index is 2.67. The smallest absolute Gasteiger partial charge is 0.213 e. The third kappa shape index (κ3) is 4.92. The maximum absolute atomic E-state index is 6.07. The Morgan fingerprint density at radius 2 is 2.24 bits per heavy atom. The highest BCUT2D eigenvalue weighted by molar-refractivity contribution is 6.31. The topological polar surface area (TPSA) is 34.1 Å². The SMILES string of the molecule is CCCC(C)Oc1cc(CNCC)c(Cl)cn1. The van der Waals surface area contributed by atoms with Crippen LogP contribution in [0, 0.1) is 0 Å². The Bertz CT molecular complexity index is 344. The summed E-state index contributed by atoms with van der Waals surface area (Å²) >= 11 is 6.07. The lowest BCUT2D eigenvalue weighted by molar-refractivity contribution is 0.201. The molecular formula is C13H21ClN2O. The predicted octanol–water partition coefficient (Wildman–Crippen LogP) is 3.41. The molecule has 1 N–H and O–H groups in total. The molecule has 0 aliphatic carbocycles. The van der Waals surface area contributed by atoms with Crippen molar-refractivity contribution >= 4 is 11.6 Å². The zero-order valence-corrected chi connectivity index (χ0v) is 11.5. The minimum Gasteiger partial charge on any atom is -0.475 e. The summed E-state index contributed by atoms with van der Waals surface area (Å²) in [6, 6.07) is 1.91. The van der Waals surface area contributed by atoms with Gasteiger partial charge >= 0.3 is 0 Å². The number of nitrogens with zero attached hydrogens (tertiary/aromatic N) is 1. The molecule has 17 heavy (non-hydrogen) atoms. The average molecular weight is 257 g/mol. The normalized spacial score (nSPS) is 12.5. The van der Waals surface area contributed by atoms with Crippen LogP contribution in [0.3, 0.4) is 0 Å². The second-order valence-corrected chi connectivity index (χ2v) is 4.52. The predicted molar refractivity (Wildman–Crippen MR) is 71.6 cm³/mol. The van der Waals surface area contributed by atoms with Gasteiger partial charge in [0.25, 0.3) is 0 Å². The summed E-state index contributed by atoms with van der Waals surface area (Å²) in [5.74, 6) is 0.656. The number of hydrogen-bond donors (Lipinski definition) is 1. The fraction of sp³-hybridized carbons (Fsp3) is 0.615. The standard InChI is InChI=1S/C13H21ClN2O/c1-4-6-10(3)17-13-7-11(8-15-5-2)12(14)9-16-13/h7,9-10,15H,4-6,8H2,1-3H3. The van der Waals surface area contributed by atoms with Crippen molar-refractivity contribution in [1.29, 1.82) is 0 Å². The summed E-state index contributed by atoms with van der Waals surface area (Å²) < 4.78 is 5.73. The lowest BCUT2D eigenvalue weighted by atomic mass is 10.2. The van der Waals surface area contributed by atoms with Gasteiger partial charge in [-0.1, -0.05) is 31.9 Å². The molecule has 3 nitrogen and oxygen atoms in total. The van der Waals surface area contributed by atoms with Crippen molar-refractivity contribution in [2.75, 3.05) is 6.54 Å². The second-order valence-electron chi connectivity index (χ2n) is 4.11. The van der Waals surface area contributed by atoms with Crippen LogP contribution in [0.2, 0.25) is 5.02 Å². The Labute approximate surface area is 109 Å². The van der Waals surface area contributed by atoms with Crippen molar-refractivity contribution in [3.63, 3.8) is 0 Å². The molecule has 1 rings (SSSR count). The van der Waals surface area contributed by atoms with E-state index >= 15 is 0 Å². The molecule has 0 aliphatic rings. The molecule has 0 aliphatic heterocycles. The van der Waals surface area contributed by atoms with Crippen LogP contribution in [-0.2, 0) is 6.54 Å². The maximum Gasteiger partial charge on any atom is 0.213 e. The van der Waals surface area contributed by atoms with Crippen molar-refractivity contribution in [3.8, 4) is 5.88 Å². The van der Waals surface area contributed by atoms with Crippen LogP contribution in [0.4, 0.5) is 0 Å². The van der Waals surface area contributed by atoms with Crippen LogP contribution >= 0.6 is 11.6 Å². The molecule has 0 saturated carbocycles. The summed E-state index contributed by atoms with van der Waals surface area (Å²) in [7, 11) is 0. The summed E-state index contributed by atoms with van der Waals surface area (Å²) in [5.41, 5.74) is 1.03. The number of aromatic nitrogens is 1. The van der Waals surface area contributed by atoms with Crippen LogP contribution < -0.4 is 10.1 Å². The van der Waals surface area contributed by atoms with E-state index in [1.54, 1.807) is 6.20 Å². The van der Waals surface area contributed by atoms with E-state index in [2.05, 4.69) is 31.1 Å². The minimum absolute atomic E-state index is 0.195. The van der Waals surface area contributed by atoms with Crippen LogP contribution in [-0.4, -0.2) is 17.6 Å². The summed E-state index contributed by atoms with van der Waals surface area (Å²) in [5, 5.41) is 3.93. The molecule has 0 spiro atoms. The Morgan fingerprint density at radius 3 is 2.88 bits per heavy atom. The number of pyridine rings is 1. The van der Waals surface area contributed by atoms with Gasteiger partial charge in [-0.3, -0.25) is 0 Å². The molecule has 96 valence electrons. The van der Waals surface area contributed by atoms with Crippen molar-refractivity contribution in [2.45, 2.75) is 46.3 Å². The molecule has 1 heterocycles. The van der Waals surface area contributed by atoms with E-state index in [4.69, 9.17) is 16.3 Å². The Kier molecular flexibility index (Phi) is 6.30. The Morgan fingerprint density at radius 1 is 1.47 bits per heavy atom. The van der Waals surface area contributed by atoms with Crippen molar-refractivity contribution in [1.82, 2.24) is 10.3 Å². The molecule has 0 amide bonds. The molecule has 4 heteroatoms. The summed E-state index contributed by atoms with van der Waals surface area (Å²) in [6.07, 6.45) is 3.99. The monoisotopic (exact) mass is 256 g/mol. The molecule has 0 aromatic carbocycles. The van der Waals surface area contributed by atoms with E-state index < -0.39 is 0 Å². The zero-order chi connectivity index (χ0) is 12.7. The van der Waals surface area contributed by atoms with Gasteiger partial charge in [0.15, 0.2) is 0 Å². The molecule has 1 aromatic rings. The molecular weight excluding hydrogens is 236 g/mol. The minimum atomic E-state index is 0.195. The molecule has 1 aromatic heterocycles.